The van der Waals surface area contributed by atoms with Gasteiger partial charge in [-0.05, 0) is 32.2 Å². The topological polar surface area (TPSA) is 82.9 Å². The van der Waals surface area contributed by atoms with Crippen molar-refractivity contribution < 1.29 is 13.2 Å². The van der Waals surface area contributed by atoms with Gasteiger partial charge in [0.15, 0.2) is 0 Å². The Bertz CT molecular complexity index is 1070. The molecule has 3 rings (SSSR count). The average molecular weight is 407 g/mol. The number of rotatable bonds is 4. The van der Waals surface area contributed by atoms with Crippen LogP contribution in [0.2, 0.25) is 0 Å². The van der Waals surface area contributed by atoms with Crippen LogP contribution in [0.5, 0.6) is 0 Å². The summed E-state index contributed by atoms with van der Waals surface area (Å²) in [5.74, 6) is -0.303. The van der Waals surface area contributed by atoms with E-state index < -0.39 is 15.5 Å². The van der Waals surface area contributed by atoms with E-state index >= 15 is 0 Å². The van der Waals surface area contributed by atoms with Crippen molar-refractivity contribution in [1.82, 2.24) is 18.7 Å². The van der Waals surface area contributed by atoms with E-state index in [0.717, 1.165) is 17.4 Å². The second-order valence-electron chi connectivity index (χ2n) is 7.22. The number of aryl methyl sites for hydroxylation is 1. The third-order valence-electron chi connectivity index (χ3n) is 5.19. The summed E-state index contributed by atoms with van der Waals surface area (Å²) in [6.45, 7) is 5.11. The van der Waals surface area contributed by atoms with Gasteiger partial charge in [-0.25, -0.2) is 12.7 Å². The molecule has 0 radical (unpaired) electrons. The van der Waals surface area contributed by atoms with Gasteiger partial charge in [0.2, 0.25) is 15.5 Å². The molecular formula is C19H26N4O4S. The summed E-state index contributed by atoms with van der Waals surface area (Å²) in [5.41, 5.74) is 0.262. The third-order valence-corrected chi connectivity index (χ3v) is 7.00. The smallest absolute Gasteiger partial charge is 0.259 e. The van der Waals surface area contributed by atoms with Crippen molar-refractivity contribution in [2.45, 2.75) is 18.4 Å². The molecule has 2 aromatic rings. The molecule has 0 unspecified atom stereocenters. The molecule has 0 N–H and O–H groups in total. The molecule has 1 fully saturated rings. The van der Waals surface area contributed by atoms with Crippen LogP contribution in [0.4, 0.5) is 0 Å². The summed E-state index contributed by atoms with van der Waals surface area (Å²) in [7, 11) is 1.20. The highest BCUT2D eigenvalue weighted by atomic mass is 32.2. The Hall–Kier alpha value is -2.23. The average Bonchev–Trinajstić information content (AvgIpc) is 2.68. The van der Waals surface area contributed by atoms with Crippen molar-refractivity contribution in [2.75, 3.05) is 47.3 Å². The number of carbonyl (C=O) groups is 1. The first kappa shape index (κ1) is 20.5. The summed E-state index contributed by atoms with van der Waals surface area (Å²) in [6.07, 6.45) is 1.59. The summed E-state index contributed by atoms with van der Waals surface area (Å²) in [4.78, 5) is 30.0. The van der Waals surface area contributed by atoms with Crippen LogP contribution < -0.4 is 5.43 Å². The van der Waals surface area contributed by atoms with Crippen molar-refractivity contribution >= 4 is 26.8 Å². The van der Waals surface area contributed by atoms with E-state index in [9.17, 15) is 18.0 Å². The summed E-state index contributed by atoms with van der Waals surface area (Å²) < 4.78 is 27.9. The zero-order valence-electron chi connectivity index (χ0n) is 16.7. The molecule has 0 bridgehead atoms. The normalized spacial score (nSPS) is 16.1. The number of sulfonamides is 1. The second-order valence-corrected chi connectivity index (χ2v) is 9.37. The van der Waals surface area contributed by atoms with Gasteiger partial charge >= 0.3 is 0 Å². The molecule has 28 heavy (non-hydrogen) atoms. The molecule has 1 aliphatic heterocycles. The van der Waals surface area contributed by atoms with Gasteiger partial charge in [-0.2, -0.15) is 0 Å². The van der Waals surface area contributed by atoms with Gasteiger partial charge in [0.1, 0.15) is 5.56 Å². The minimum absolute atomic E-state index is 0.0361. The first-order valence-electron chi connectivity index (χ1n) is 9.24. The molecule has 152 valence electrons. The number of pyridine rings is 1. The Balaban J connectivity index is 2.15. The summed E-state index contributed by atoms with van der Waals surface area (Å²) in [5, 5.41) is 0.241. The minimum Gasteiger partial charge on any atom is -0.347 e. The molecule has 1 aromatic carbocycles. The number of nitrogens with zero attached hydrogens (tertiary/aromatic N) is 4. The Labute approximate surface area is 165 Å². The number of hydrogen-bond donors (Lipinski definition) is 0. The van der Waals surface area contributed by atoms with Crippen LogP contribution in [0.1, 0.15) is 17.3 Å². The SMILES string of the molecule is CCn1cc(C(=O)N2CCN(C)CC2)c(=O)c2cc(S(=O)(=O)N(C)C)ccc21. The Morgan fingerprint density at radius 3 is 2.36 bits per heavy atom. The summed E-state index contributed by atoms with van der Waals surface area (Å²) >= 11 is 0. The minimum atomic E-state index is -3.68. The van der Waals surface area contributed by atoms with Gasteiger partial charge in [0.25, 0.3) is 5.91 Å². The molecular weight excluding hydrogens is 380 g/mol. The van der Waals surface area contributed by atoms with Crippen molar-refractivity contribution in [1.29, 1.82) is 0 Å². The van der Waals surface area contributed by atoms with Gasteiger partial charge in [0, 0.05) is 58.4 Å². The van der Waals surface area contributed by atoms with Crippen LogP contribution in [0.25, 0.3) is 10.9 Å². The number of carbonyl (C=O) groups excluding carboxylic acids is 1. The van der Waals surface area contributed by atoms with Crippen molar-refractivity contribution in [3.8, 4) is 0 Å². The van der Waals surface area contributed by atoms with Crippen LogP contribution >= 0.6 is 0 Å². The predicted molar refractivity (Wildman–Crippen MR) is 108 cm³/mol. The van der Waals surface area contributed by atoms with E-state index in [1.165, 1.54) is 26.2 Å². The fourth-order valence-corrected chi connectivity index (χ4v) is 4.27. The lowest BCUT2D eigenvalue weighted by molar-refractivity contribution is 0.0662. The molecule has 2 heterocycles. The predicted octanol–water partition coefficient (Wildman–Crippen LogP) is 0.659. The molecule has 1 aromatic heterocycles. The van der Waals surface area contributed by atoms with Crippen molar-refractivity contribution in [3.05, 3.63) is 40.2 Å². The van der Waals surface area contributed by atoms with E-state index in [-0.39, 0.29) is 21.8 Å². The van der Waals surface area contributed by atoms with Gasteiger partial charge < -0.3 is 14.4 Å². The monoisotopic (exact) mass is 406 g/mol. The lowest BCUT2D eigenvalue weighted by Gasteiger charge is -2.32. The van der Waals surface area contributed by atoms with E-state index in [1.54, 1.807) is 17.2 Å². The van der Waals surface area contributed by atoms with E-state index in [4.69, 9.17) is 0 Å². The zero-order valence-corrected chi connectivity index (χ0v) is 17.5. The number of fused-ring (bicyclic) bond motifs is 1. The molecule has 0 saturated carbocycles. The highest BCUT2D eigenvalue weighted by Crippen LogP contribution is 2.20. The number of piperazine rings is 1. The molecule has 1 amide bonds. The van der Waals surface area contributed by atoms with Crippen LogP contribution in [0, 0.1) is 0 Å². The van der Waals surface area contributed by atoms with Crippen LogP contribution in [-0.4, -0.2) is 80.3 Å². The Kier molecular flexibility index (Phi) is 5.60. The fraction of sp³-hybridized carbons (Fsp3) is 0.474. The molecule has 1 saturated heterocycles. The van der Waals surface area contributed by atoms with Crippen LogP contribution in [0.15, 0.2) is 34.1 Å². The summed E-state index contributed by atoms with van der Waals surface area (Å²) in [6, 6.07) is 4.49. The van der Waals surface area contributed by atoms with Gasteiger partial charge in [0.05, 0.1) is 10.4 Å². The number of aromatic nitrogens is 1. The molecule has 1 aliphatic rings. The second kappa shape index (κ2) is 7.65. The van der Waals surface area contributed by atoms with Crippen molar-refractivity contribution in [2.24, 2.45) is 0 Å². The highest BCUT2D eigenvalue weighted by molar-refractivity contribution is 7.89. The number of hydrogen-bond acceptors (Lipinski definition) is 5. The number of benzene rings is 1. The number of likely N-dealkylation sites (N-methyl/N-ethyl adjacent to an activating group) is 1. The quantitative estimate of drug-likeness (QED) is 0.745. The van der Waals surface area contributed by atoms with E-state index in [1.807, 2.05) is 18.5 Å². The number of amides is 1. The van der Waals surface area contributed by atoms with Crippen molar-refractivity contribution in [3.63, 3.8) is 0 Å². The first-order chi connectivity index (χ1) is 13.2. The molecule has 0 atom stereocenters. The molecule has 9 heteroatoms. The lowest BCUT2D eigenvalue weighted by atomic mass is 10.1. The van der Waals surface area contributed by atoms with Crippen LogP contribution in [-0.2, 0) is 16.6 Å². The Morgan fingerprint density at radius 2 is 1.79 bits per heavy atom. The first-order valence-corrected chi connectivity index (χ1v) is 10.7. The molecule has 0 aliphatic carbocycles. The lowest BCUT2D eigenvalue weighted by Crippen LogP contribution is -2.48. The molecule has 0 spiro atoms. The standard InChI is InChI=1S/C19H26N4O4S/c1-5-22-13-16(19(25)23-10-8-21(4)9-11-23)18(24)15-12-14(6-7-17(15)22)28(26,27)20(2)3/h6-7,12-13H,5,8-11H2,1-4H3. The highest BCUT2D eigenvalue weighted by Gasteiger charge is 2.25. The van der Waals surface area contributed by atoms with Gasteiger partial charge in [-0.3, -0.25) is 9.59 Å². The fourth-order valence-electron chi connectivity index (χ4n) is 3.34. The zero-order chi connectivity index (χ0) is 20.6. The Morgan fingerprint density at radius 1 is 1.14 bits per heavy atom. The third kappa shape index (κ3) is 3.57. The molecule has 8 nitrogen and oxygen atoms in total. The van der Waals surface area contributed by atoms with Gasteiger partial charge in [-0.1, -0.05) is 0 Å². The van der Waals surface area contributed by atoms with E-state index in [2.05, 4.69) is 4.90 Å². The maximum atomic E-state index is 13.1. The van der Waals surface area contributed by atoms with Gasteiger partial charge in [-0.15, -0.1) is 0 Å². The largest absolute Gasteiger partial charge is 0.347 e. The van der Waals surface area contributed by atoms with E-state index in [0.29, 0.717) is 25.2 Å². The maximum Gasteiger partial charge on any atom is 0.259 e. The van der Waals surface area contributed by atoms with Crippen LogP contribution in [0.3, 0.4) is 0 Å². The maximum absolute atomic E-state index is 13.1.